The zero-order chi connectivity index (χ0) is 25.4. The van der Waals surface area contributed by atoms with Gasteiger partial charge in [-0.2, -0.15) is 0 Å². The Balaban J connectivity index is 1.74. The summed E-state index contributed by atoms with van der Waals surface area (Å²) in [5.74, 6) is -0.943. The molecule has 0 aliphatic carbocycles. The van der Waals surface area contributed by atoms with Gasteiger partial charge in [0.25, 0.3) is 0 Å². The van der Waals surface area contributed by atoms with Gasteiger partial charge in [-0.1, -0.05) is 53.4 Å². The van der Waals surface area contributed by atoms with Crippen LogP contribution in [0.1, 0.15) is 92.9 Å². The fourth-order valence-electron chi connectivity index (χ4n) is 4.63. The zero-order valence-electron chi connectivity index (χ0n) is 22.2. The molecule has 0 aromatic rings. The number of rotatable bonds is 12. The van der Waals surface area contributed by atoms with Crippen LogP contribution < -0.4 is 10.6 Å². The molecule has 2 aliphatic heterocycles. The molecule has 0 radical (unpaired) electrons. The fraction of sp³-hybridized carbons (Fsp3) is 0.885. The first kappa shape index (κ1) is 28.6. The highest BCUT2D eigenvalue weighted by Crippen LogP contribution is 2.34. The summed E-state index contributed by atoms with van der Waals surface area (Å²) in [6.45, 7) is 13.5. The van der Waals surface area contributed by atoms with E-state index in [4.69, 9.17) is 9.47 Å². The second-order valence-electron chi connectivity index (χ2n) is 11.1. The number of ether oxygens (including phenoxy) is 2. The van der Waals surface area contributed by atoms with Crippen LogP contribution in [0.4, 0.5) is 0 Å². The van der Waals surface area contributed by atoms with Crippen molar-refractivity contribution < 1.29 is 23.9 Å². The maximum atomic E-state index is 12.8. The minimum absolute atomic E-state index is 0.000687. The third kappa shape index (κ3) is 8.52. The number of hydrogen-bond acceptors (Lipinski definition) is 5. The van der Waals surface area contributed by atoms with Gasteiger partial charge in [-0.3, -0.25) is 14.4 Å². The number of carbonyl (C=O) groups excluding carboxylic acids is 3. The molecule has 2 fully saturated rings. The molecule has 0 saturated carbocycles. The van der Waals surface area contributed by atoms with Crippen molar-refractivity contribution in [1.82, 2.24) is 15.5 Å². The molecule has 8 nitrogen and oxygen atoms in total. The highest BCUT2D eigenvalue weighted by molar-refractivity contribution is 5.83. The molecule has 0 spiro atoms. The SMILES string of the molecule is CCCCCCC(C)C(=O)NCC1CCCN1C(=O)CCNC(=O)C1OC(C)(C)OCC1(C)C. The summed E-state index contributed by atoms with van der Waals surface area (Å²) in [4.78, 5) is 39.9. The van der Waals surface area contributed by atoms with Crippen molar-refractivity contribution in [2.75, 3.05) is 26.2 Å². The molecule has 34 heavy (non-hydrogen) atoms. The number of likely N-dealkylation sites (tertiary alicyclic amines) is 1. The highest BCUT2D eigenvalue weighted by atomic mass is 16.7. The fourth-order valence-corrected chi connectivity index (χ4v) is 4.63. The van der Waals surface area contributed by atoms with Crippen LogP contribution in [-0.4, -0.2) is 66.8 Å². The first-order chi connectivity index (χ1) is 16.0. The van der Waals surface area contributed by atoms with Crippen LogP contribution >= 0.6 is 0 Å². The smallest absolute Gasteiger partial charge is 0.249 e. The molecule has 2 rings (SSSR count). The second-order valence-corrected chi connectivity index (χ2v) is 11.1. The van der Waals surface area contributed by atoms with E-state index >= 15 is 0 Å². The monoisotopic (exact) mass is 481 g/mol. The second kappa shape index (κ2) is 12.9. The van der Waals surface area contributed by atoms with Gasteiger partial charge in [-0.05, 0) is 33.1 Å². The number of hydrogen-bond donors (Lipinski definition) is 2. The van der Waals surface area contributed by atoms with Gasteiger partial charge in [-0.15, -0.1) is 0 Å². The molecule has 2 heterocycles. The minimum atomic E-state index is -0.812. The predicted molar refractivity (Wildman–Crippen MR) is 132 cm³/mol. The van der Waals surface area contributed by atoms with Crippen molar-refractivity contribution in [3.8, 4) is 0 Å². The normalized spacial score (nSPS) is 24.5. The van der Waals surface area contributed by atoms with Crippen LogP contribution in [0, 0.1) is 11.3 Å². The van der Waals surface area contributed by atoms with Crippen molar-refractivity contribution in [3.05, 3.63) is 0 Å². The van der Waals surface area contributed by atoms with Crippen molar-refractivity contribution >= 4 is 17.7 Å². The van der Waals surface area contributed by atoms with Gasteiger partial charge in [0, 0.05) is 43.4 Å². The number of nitrogens with one attached hydrogen (secondary N) is 2. The Labute approximate surface area is 205 Å². The summed E-state index contributed by atoms with van der Waals surface area (Å²) in [5.41, 5.74) is -0.449. The molecule has 196 valence electrons. The van der Waals surface area contributed by atoms with E-state index in [1.165, 1.54) is 19.3 Å². The van der Waals surface area contributed by atoms with Gasteiger partial charge in [0.2, 0.25) is 17.7 Å². The van der Waals surface area contributed by atoms with Crippen LogP contribution in [0.5, 0.6) is 0 Å². The molecular weight excluding hydrogens is 434 g/mol. The molecular formula is C26H47N3O5. The summed E-state index contributed by atoms with van der Waals surface area (Å²) in [5, 5.41) is 5.93. The topological polar surface area (TPSA) is 97.0 Å². The molecule has 8 heteroatoms. The number of unbranched alkanes of at least 4 members (excludes halogenated alkanes) is 3. The third-order valence-electron chi connectivity index (χ3n) is 6.93. The first-order valence-electron chi connectivity index (χ1n) is 13.1. The Hall–Kier alpha value is -1.67. The lowest BCUT2D eigenvalue weighted by molar-refractivity contribution is -0.304. The van der Waals surface area contributed by atoms with Gasteiger partial charge in [0.1, 0.15) is 6.10 Å². The van der Waals surface area contributed by atoms with Crippen LogP contribution in [0.15, 0.2) is 0 Å². The summed E-state index contributed by atoms with van der Waals surface area (Å²) in [7, 11) is 0. The third-order valence-corrected chi connectivity index (χ3v) is 6.93. The first-order valence-corrected chi connectivity index (χ1v) is 13.1. The van der Waals surface area contributed by atoms with Crippen molar-refractivity contribution in [3.63, 3.8) is 0 Å². The summed E-state index contributed by atoms with van der Waals surface area (Å²) < 4.78 is 11.5. The van der Waals surface area contributed by atoms with Gasteiger partial charge >= 0.3 is 0 Å². The molecule has 3 unspecified atom stereocenters. The lowest BCUT2D eigenvalue weighted by Gasteiger charge is -2.44. The quantitative estimate of drug-likeness (QED) is 0.417. The van der Waals surface area contributed by atoms with Crippen LogP contribution in [0.25, 0.3) is 0 Å². The Morgan fingerprint density at radius 3 is 2.53 bits per heavy atom. The van der Waals surface area contributed by atoms with E-state index in [0.29, 0.717) is 19.7 Å². The minimum Gasteiger partial charge on any atom is -0.354 e. The summed E-state index contributed by atoms with van der Waals surface area (Å²) in [6.07, 6.45) is 6.99. The van der Waals surface area contributed by atoms with E-state index in [1.54, 1.807) is 13.8 Å². The lowest BCUT2D eigenvalue weighted by atomic mass is 9.85. The summed E-state index contributed by atoms with van der Waals surface area (Å²) in [6, 6.07) is 0.0259. The largest absolute Gasteiger partial charge is 0.354 e. The van der Waals surface area contributed by atoms with Gasteiger partial charge in [0.15, 0.2) is 5.79 Å². The Morgan fingerprint density at radius 2 is 1.82 bits per heavy atom. The number of carbonyl (C=O) groups is 3. The molecule has 2 N–H and O–H groups in total. The summed E-state index contributed by atoms with van der Waals surface area (Å²) >= 11 is 0. The molecule has 0 aromatic carbocycles. The lowest BCUT2D eigenvalue weighted by Crippen LogP contribution is -2.56. The van der Waals surface area contributed by atoms with Crippen LogP contribution in [0.2, 0.25) is 0 Å². The number of nitrogens with zero attached hydrogens (tertiary/aromatic N) is 1. The van der Waals surface area contributed by atoms with Gasteiger partial charge in [0.05, 0.1) is 6.61 Å². The van der Waals surface area contributed by atoms with Crippen molar-refractivity contribution in [2.45, 2.75) is 111 Å². The van der Waals surface area contributed by atoms with E-state index in [-0.39, 0.29) is 42.6 Å². The maximum Gasteiger partial charge on any atom is 0.249 e. The number of amides is 3. The zero-order valence-corrected chi connectivity index (χ0v) is 22.2. The molecule has 0 aromatic heterocycles. The van der Waals surface area contributed by atoms with Gasteiger partial charge < -0.3 is 25.0 Å². The highest BCUT2D eigenvalue weighted by Gasteiger charge is 2.45. The average molecular weight is 482 g/mol. The molecule has 0 bridgehead atoms. The van der Waals surface area contributed by atoms with Gasteiger partial charge in [-0.25, -0.2) is 0 Å². The van der Waals surface area contributed by atoms with E-state index in [1.807, 2.05) is 25.7 Å². The molecule has 2 saturated heterocycles. The molecule has 3 amide bonds. The van der Waals surface area contributed by atoms with E-state index < -0.39 is 17.3 Å². The van der Waals surface area contributed by atoms with E-state index in [0.717, 1.165) is 25.7 Å². The predicted octanol–water partition coefficient (Wildman–Crippen LogP) is 3.38. The van der Waals surface area contributed by atoms with E-state index in [2.05, 4.69) is 17.6 Å². The van der Waals surface area contributed by atoms with Crippen LogP contribution in [-0.2, 0) is 23.9 Å². The Kier molecular flexibility index (Phi) is 10.8. The standard InChI is InChI=1S/C26H47N3O5/c1-7-8-9-10-12-19(2)23(31)28-17-20-13-11-16-29(20)21(30)14-15-27-24(32)22-25(3,4)18-33-26(5,6)34-22/h19-20,22H,7-18H2,1-6H3,(H,27,32)(H,28,31). The van der Waals surface area contributed by atoms with E-state index in [9.17, 15) is 14.4 Å². The Morgan fingerprint density at radius 1 is 1.09 bits per heavy atom. The van der Waals surface area contributed by atoms with Crippen LogP contribution in [0.3, 0.4) is 0 Å². The molecule has 2 aliphatic rings. The Bertz CT molecular complexity index is 694. The average Bonchev–Trinajstić information content (AvgIpc) is 3.25. The molecule has 3 atom stereocenters. The van der Waals surface area contributed by atoms with Crippen molar-refractivity contribution in [2.24, 2.45) is 11.3 Å². The maximum absolute atomic E-state index is 12.8. The van der Waals surface area contributed by atoms with Crippen molar-refractivity contribution in [1.29, 1.82) is 0 Å².